The number of nitrogens with two attached hydrogens (primary N) is 1. The number of thioether (sulfide) groups is 1. The molecule has 1 fully saturated rings. The number of H-pyrrole nitrogens is 1. The predicted molar refractivity (Wildman–Crippen MR) is 57.8 cm³/mol. The fraction of sp³-hybridized carbons (Fsp3) is 0.600. The number of hydrogen-bond acceptors (Lipinski definition) is 2. The van der Waals surface area contributed by atoms with E-state index in [0.29, 0.717) is 0 Å². The number of hydrogen-bond donors (Lipinski definition) is 2. The summed E-state index contributed by atoms with van der Waals surface area (Å²) in [7, 11) is 0. The lowest BCUT2D eigenvalue weighted by atomic mass is 9.94. The van der Waals surface area contributed by atoms with Gasteiger partial charge < -0.3 is 10.7 Å². The smallest absolute Gasteiger partial charge is 0.0594 e. The lowest BCUT2D eigenvalue weighted by Gasteiger charge is -2.29. The quantitative estimate of drug-likeness (QED) is 0.762. The van der Waals surface area contributed by atoms with Crippen LogP contribution in [-0.2, 0) is 0 Å². The Morgan fingerprint density at radius 3 is 3.08 bits per heavy atom. The Kier molecular flexibility index (Phi) is 2.39. The SMILES string of the molecule is CC1(C(N)c2ccc[nH]2)CCCS1. The average Bonchev–Trinajstić information content (AvgIpc) is 2.73. The second-order valence-corrected chi connectivity index (χ2v) is 5.50. The molecule has 1 aliphatic heterocycles. The van der Waals surface area contributed by atoms with Gasteiger partial charge in [-0.15, -0.1) is 0 Å². The molecule has 0 bridgehead atoms. The zero-order valence-corrected chi connectivity index (χ0v) is 8.73. The van der Waals surface area contributed by atoms with Crippen molar-refractivity contribution in [2.75, 3.05) is 5.75 Å². The second kappa shape index (κ2) is 3.39. The van der Waals surface area contributed by atoms with Crippen molar-refractivity contribution in [3.63, 3.8) is 0 Å². The highest BCUT2D eigenvalue weighted by Crippen LogP contribution is 2.44. The van der Waals surface area contributed by atoms with Crippen LogP contribution >= 0.6 is 11.8 Å². The highest BCUT2D eigenvalue weighted by Gasteiger charge is 2.36. The van der Waals surface area contributed by atoms with E-state index < -0.39 is 0 Å². The molecule has 1 aromatic heterocycles. The van der Waals surface area contributed by atoms with Crippen LogP contribution in [-0.4, -0.2) is 15.5 Å². The molecule has 3 heteroatoms. The Morgan fingerprint density at radius 1 is 1.69 bits per heavy atom. The van der Waals surface area contributed by atoms with Gasteiger partial charge >= 0.3 is 0 Å². The molecule has 0 saturated carbocycles. The van der Waals surface area contributed by atoms with Gasteiger partial charge in [-0.25, -0.2) is 0 Å². The van der Waals surface area contributed by atoms with E-state index >= 15 is 0 Å². The Morgan fingerprint density at radius 2 is 2.54 bits per heavy atom. The minimum atomic E-state index is 0.148. The summed E-state index contributed by atoms with van der Waals surface area (Å²) in [4.78, 5) is 3.20. The zero-order chi connectivity index (χ0) is 9.31. The van der Waals surface area contributed by atoms with Gasteiger partial charge in [-0.3, -0.25) is 0 Å². The number of rotatable bonds is 2. The van der Waals surface area contributed by atoms with E-state index in [1.807, 2.05) is 24.0 Å². The molecule has 72 valence electrons. The molecule has 0 radical (unpaired) electrons. The van der Waals surface area contributed by atoms with E-state index in [-0.39, 0.29) is 10.8 Å². The van der Waals surface area contributed by atoms with Gasteiger partial charge in [0.25, 0.3) is 0 Å². The van der Waals surface area contributed by atoms with Crippen LogP contribution < -0.4 is 5.73 Å². The summed E-state index contributed by atoms with van der Waals surface area (Å²) >= 11 is 2.01. The molecule has 0 spiro atoms. The van der Waals surface area contributed by atoms with Crippen LogP contribution in [0.5, 0.6) is 0 Å². The highest BCUT2D eigenvalue weighted by atomic mass is 32.2. The van der Waals surface area contributed by atoms with Crippen molar-refractivity contribution in [3.8, 4) is 0 Å². The maximum atomic E-state index is 6.23. The van der Waals surface area contributed by atoms with Crippen LogP contribution in [0.15, 0.2) is 18.3 Å². The molecular formula is C10H16N2S. The lowest BCUT2D eigenvalue weighted by Crippen LogP contribution is -2.33. The first kappa shape index (κ1) is 9.16. The summed E-state index contributed by atoms with van der Waals surface area (Å²) in [5.41, 5.74) is 7.39. The van der Waals surface area contributed by atoms with Gasteiger partial charge in [0, 0.05) is 16.6 Å². The average molecular weight is 196 g/mol. The third-order valence-electron chi connectivity index (χ3n) is 2.86. The first-order chi connectivity index (χ1) is 6.22. The van der Waals surface area contributed by atoms with Crippen LogP contribution in [0.25, 0.3) is 0 Å². The lowest BCUT2D eigenvalue weighted by molar-refractivity contribution is 0.494. The molecule has 1 saturated heterocycles. The zero-order valence-electron chi connectivity index (χ0n) is 7.92. The van der Waals surface area contributed by atoms with E-state index in [9.17, 15) is 0 Å². The van der Waals surface area contributed by atoms with Crippen molar-refractivity contribution in [3.05, 3.63) is 24.0 Å². The number of aromatic nitrogens is 1. The molecule has 2 nitrogen and oxygen atoms in total. The van der Waals surface area contributed by atoms with Crippen LogP contribution in [0.4, 0.5) is 0 Å². The summed E-state index contributed by atoms with van der Waals surface area (Å²) in [5.74, 6) is 1.25. The van der Waals surface area contributed by atoms with E-state index in [1.165, 1.54) is 18.6 Å². The highest BCUT2D eigenvalue weighted by molar-refractivity contribution is 8.00. The third kappa shape index (κ3) is 1.63. The monoisotopic (exact) mass is 196 g/mol. The maximum Gasteiger partial charge on any atom is 0.0594 e. The molecule has 2 atom stereocenters. The standard InChI is InChI=1S/C10H16N2S/c1-10(5-3-7-13-10)9(11)8-4-2-6-12-8/h2,4,6,9,12H,3,5,7,11H2,1H3. The predicted octanol–water partition coefficient (Wildman–Crippen LogP) is 2.30. The molecule has 0 aliphatic carbocycles. The van der Waals surface area contributed by atoms with Gasteiger partial charge in [0.05, 0.1) is 6.04 Å². The van der Waals surface area contributed by atoms with Crippen molar-refractivity contribution in [2.24, 2.45) is 5.73 Å². The van der Waals surface area contributed by atoms with E-state index in [0.717, 1.165) is 5.69 Å². The summed E-state index contributed by atoms with van der Waals surface area (Å²) in [6.45, 7) is 2.27. The second-order valence-electron chi connectivity index (χ2n) is 3.87. The van der Waals surface area contributed by atoms with E-state index in [4.69, 9.17) is 5.73 Å². The molecule has 1 aliphatic rings. The Hall–Kier alpha value is -0.410. The summed E-state index contributed by atoms with van der Waals surface area (Å²) in [5, 5.41) is 0. The molecule has 0 amide bonds. The molecule has 2 unspecified atom stereocenters. The van der Waals surface area contributed by atoms with E-state index in [2.05, 4.69) is 18.0 Å². The van der Waals surface area contributed by atoms with Gasteiger partial charge in [0.2, 0.25) is 0 Å². The number of aromatic amines is 1. The summed E-state index contributed by atoms with van der Waals surface area (Å²) in [6.07, 6.45) is 4.48. The normalized spacial score (nSPS) is 30.6. The Balaban J connectivity index is 2.16. The topological polar surface area (TPSA) is 41.8 Å². The molecular weight excluding hydrogens is 180 g/mol. The minimum Gasteiger partial charge on any atom is -0.364 e. The molecule has 2 rings (SSSR count). The van der Waals surface area contributed by atoms with Gasteiger partial charge in [-0.2, -0.15) is 11.8 Å². The molecule has 1 aromatic rings. The van der Waals surface area contributed by atoms with E-state index in [1.54, 1.807) is 0 Å². The van der Waals surface area contributed by atoms with Crippen LogP contribution in [0, 0.1) is 0 Å². The van der Waals surface area contributed by atoms with Gasteiger partial charge in [-0.1, -0.05) is 0 Å². The van der Waals surface area contributed by atoms with Crippen LogP contribution in [0.1, 0.15) is 31.5 Å². The largest absolute Gasteiger partial charge is 0.364 e. The van der Waals surface area contributed by atoms with Crippen LogP contribution in [0.2, 0.25) is 0 Å². The fourth-order valence-corrected chi connectivity index (χ4v) is 3.26. The van der Waals surface area contributed by atoms with Crippen molar-refractivity contribution in [2.45, 2.75) is 30.6 Å². The first-order valence-electron chi connectivity index (χ1n) is 4.75. The Bertz CT molecular complexity index is 262. The van der Waals surface area contributed by atoms with Crippen molar-refractivity contribution >= 4 is 11.8 Å². The molecule has 13 heavy (non-hydrogen) atoms. The Labute approximate surface area is 83.3 Å². The van der Waals surface area contributed by atoms with Gasteiger partial charge in [0.1, 0.15) is 0 Å². The first-order valence-corrected chi connectivity index (χ1v) is 5.74. The van der Waals surface area contributed by atoms with Gasteiger partial charge in [-0.05, 0) is 37.7 Å². The molecule has 3 N–H and O–H groups in total. The summed E-state index contributed by atoms with van der Waals surface area (Å²) < 4.78 is 0.241. The molecule has 0 aromatic carbocycles. The van der Waals surface area contributed by atoms with Crippen molar-refractivity contribution < 1.29 is 0 Å². The number of nitrogens with one attached hydrogen (secondary N) is 1. The van der Waals surface area contributed by atoms with Crippen molar-refractivity contribution in [1.29, 1.82) is 0 Å². The fourth-order valence-electron chi connectivity index (χ4n) is 1.91. The van der Waals surface area contributed by atoms with Crippen molar-refractivity contribution in [1.82, 2.24) is 4.98 Å². The summed E-state index contributed by atoms with van der Waals surface area (Å²) in [6, 6.07) is 4.24. The van der Waals surface area contributed by atoms with Crippen LogP contribution in [0.3, 0.4) is 0 Å². The third-order valence-corrected chi connectivity index (χ3v) is 4.47. The maximum absolute atomic E-state index is 6.23. The van der Waals surface area contributed by atoms with Gasteiger partial charge in [0.15, 0.2) is 0 Å². The molecule has 2 heterocycles. The minimum absolute atomic E-state index is 0.148.